The number of fused-ring (bicyclic) bond motifs is 1. The Bertz CT molecular complexity index is 990. The van der Waals surface area contributed by atoms with Crippen molar-refractivity contribution in [3.8, 4) is 11.3 Å². The van der Waals surface area contributed by atoms with Gasteiger partial charge in [-0.25, -0.2) is 15.0 Å². The van der Waals surface area contributed by atoms with E-state index in [1.54, 1.807) is 23.9 Å². The number of thiazole rings is 1. The normalized spacial score (nSPS) is 11.2. The summed E-state index contributed by atoms with van der Waals surface area (Å²) in [6, 6.07) is 8.45. The number of hydrogen-bond acceptors (Lipinski definition) is 6. The van der Waals surface area contributed by atoms with E-state index in [1.807, 2.05) is 29.9 Å². The van der Waals surface area contributed by atoms with Gasteiger partial charge in [-0.15, -0.1) is 11.3 Å². The van der Waals surface area contributed by atoms with Gasteiger partial charge in [0.15, 0.2) is 0 Å². The lowest BCUT2D eigenvalue weighted by molar-refractivity contribution is 0.899. The third-order valence-electron chi connectivity index (χ3n) is 3.74. The Kier molecular flexibility index (Phi) is 4.07. The molecular weight excluding hydrogens is 332 g/mol. The molecule has 0 atom stereocenters. The molecule has 0 aliphatic carbocycles. The minimum absolute atomic E-state index is 0.311. The van der Waals surface area contributed by atoms with Crippen LogP contribution in [0.4, 0.5) is 17.2 Å². The van der Waals surface area contributed by atoms with Gasteiger partial charge in [0.1, 0.15) is 5.82 Å². The van der Waals surface area contributed by atoms with E-state index in [0.29, 0.717) is 6.04 Å². The summed E-state index contributed by atoms with van der Waals surface area (Å²) in [5, 5.41) is 6.85. The van der Waals surface area contributed by atoms with Gasteiger partial charge in [0, 0.05) is 35.2 Å². The van der Waals surface area contributed by atoms with Gasteiger partial charge in [-0.2, -0.15) is 0 Å². The smallest absolute Gasteiger partial charge is 0.132 e. The molecule has 7 heteroatoms. The summed E-state index contributed by atoms with van der Waals surface area (Å²) in [5.74, 6) is 0.787. The van der Waals surface area contributed by atoms with E-state index in [4.69, 9.17) is 0 Å². The molecule has 0 saturated heterocycles. The second kappa shape index (κ2) is 6.52. The second-order valence-corrected chi connectivity index (χ2v) is 6.93. The molecule has 0 aliphatic heterocycles. The summed E-state index contributed by atoms with van der Waals surface area (Å²) in [6.07, 6.45) is 5.32. The van der Waals surface area contributed by atoms with Gasteiger partial charge in [0.05, 0.1) is 33.9 Å². The number of aromatic amines is 1. The maximum absolute atomic E-state index is 4.55. The van der Waals surface area contributed by atoms with Gasteiger partial charge in [-0.3, -0.25) is 0 Å². The number of rotatable bonds is 5. The Balaban J connectivity index is 1.67. The molecule has 3 heterocycles. The van der Waals surface area contributed by atoms with E-state index >= 15 is 0 Å². The van der Waals surface area contributed by atoms with Crippen LogP contribution < -0.4 is 10.6 Å². The molecule has 25 heavy (non-hydrogen) atoms. The first-order valence-corrected chi connectivity index (χ1v) is 8.92. The van der Waals surface area contributed by atoms with Crippen molar-refractivity contribution in [3.05, 3.63) is 48.5 Å². The molecule has 0 bridgehead atoms. The number of pyridine rings is 1. The fourth-order valence-electron chi connectivity index (χ4n) is 2.65. The third-order valence-corrected chi connectivity index (χ3v) is 4.53. The SMILES string of the molecule is CC(C)Nc1cc(Nc2ccc3ncsc3c2)ncc1-c1cnc[nH]1. The van der Waals surface area contributed by atoms with Crippen molar-refractivity contribution in [2.24, 2.45) is 0 Å². The Labute approximate surface area is 149 Å². The lowest BCUT2D eigenvalue weighted by Crippen LogP contribution is -2.11. The van der Waals surface area contributed by atoms with Gasteiger partial charge in [-0.1, -0.05) is 0 Å². The van der Waals surface area contributed by atoms with E-state index in [2.05, 4.69) is 50.5 Å². The summed E-state index contributed by atoms with van der Waals surface area (Å²) in [4.78, 5) is 16.1. The van der Waals surface area contributed by atoms with Crippen LogP contribution in [0.1, 0.15) is 13.8 Å². The first kappa shape index (κ1) is 15.6. The predicted molar refractivity (Wildman–Crippen MR) is 103 cm³/mol. The number of hydrogen-bond donors (Lipinski definition) is 3. The van der Waals surface area contributed by atoms with E-state index in [-0.39, 0.29) is 0 Å². The van der Waals surface area contributed by atoms with Crippen LogP contribution in [0, 0.1) is 0 Å². The number of nitrogens with zero attached hydrogens (tertiary/aromatic N) is 3. The van der Waals surface area contributed by atoms with Gasteiger partial charge in [0.2, 0.25) is 0 Å². The van der Waals surface area contributed by atoms with Crippen LogP contribution in [0.15, 0.2) is 48.5 Å². The zero-order valence-electron chi connectivity index (χ0n) is 13.9. The van der Waals surface area contributed by atoms with Crippen LogP contribution in [0.25, 0.3) is 21.5 Å². The zero-order valence-corrected chi connectivity index (χ0v) is 14.8. The highest BCUT2D eigenvalue weighted by atomic mass is 32.1. The van der Waals surface area contributed by atoms with Crippen molar-refractivity contribution >= 4 is 38.7 Å². The summed E-state index contributed by atoms with van der Waals surface area (Å²) in [7, 11) is 0. The molecule has 0 aliphatic rings. The monoisotopic (exact) mass is 350 g/mol. The standard InChI is InChI=1S/C18H18N6S/c1-11(2)23-15-6-18(20-7-13(15)16-8-19-9-21-16)24-12-3-4-14-17(5-12)25-10-22-14/h3-11H,1-2H3,(H,19,21)(H2,20,23,24). The average Bonchev–Trinajstić information content (AvgIpc) is 3.25. The van der Waals surface area contributed by atoms with Crippen LogP contribution in [0.5, 0.6) is 0 Å². The van der Waals surface area contributed by atoms with Crippen molar-refractivity contribution in [3.63, 3.8) is 0 Å². The maximum atomic E-state index is 4.55. The molecule has 3 aromatic heterocycles. The summed E-state index contributed by atoms with van der Waals surface area (Å²) < 4.78 is 1.15. The van der Waals surface area contributed by atoms with E-state index in [1.165, 1.54) is 0 Å². The van der Waals surface area contributed by atoms with Crippen molar-refractivity contribution in [2.45, 2.75) is 19.9 Å². The minimum Gasteiger partial charge on any atom is -0.382 e. The minimum atomic E-state index is 0.311. The van der Waals surface area contributed by atoms with Crippen LogP contribution in [0.2, 0.25) is 0 Å². The quantitative estimate of drug-likeness (QED) is 0.488. The molecule has 0 amide bonds. The summed E-state index contributed by atoms with van der Waals surface area (Å²) in [5.41, 5.74) is 6.81. The Morgan fingerprint density at radius 3 is 2.84 bits per heavy atom. The number of anilines is 3. The van der Waals surface area contributed by atoms with Crippen molar-refractivity contribution in [1.29, 1.82) is 0 Å². The van der Waals surface area contributed by atoms with Crippen LogP contribution in [-0.2, 0) is 0 Å². The second-order valence-electron chi connectivity index (χ2n) is 6.04. The van der Waals surface area contributed by atoms with Gasteiger partial charge < -0.3 is 15.6 Å². The lowest BCUT2D eigenvalue weighted by atomic mass is 10.1. The molecule has 3 N–H and O–H groups in total. The molecule has 0 unspecified atom stereocenters. The third kappa shape index (κ3) is 3.32. The highest BCUT2D eigenvalue weighted by Gasteiger charge is 2.10. The summed E-state index contributed by atoms with van der Waals surface area (Å²) in [6.45, 7) is 4.23. The molecule has 0 spiro atoms. The molecule has 4 aromatic rings. The molecule has 0 radical (unpaired) electrons. The van der Waals surface area contributed by atoms with Crippen LogP contribution in [0.3, 0.4) is 0 Å². The van der Waals surface area contributed by atoms with Crippen LogP contribution in [-0.4, -0.2) is 26.0 Å². The fourth-order valence-corrected chi connectivity index (χ4v) is 3.37. The zero-order chi connectivity index (χ0) is 17.2. The van der Waals surface area contributed by atoms with Gasteiger partial charge in [-0.05, 0) is 32.0 Å². The van der Waals surface area contributed by atoms with E-state index < -0.39 is 0 Å². The molecule has 6 nitrogen and oxygen atoms in total. The first-order valence-electron chi connectivity index (χ1n) is 8.04. The van der Waals surface area contributed by atoms with Crippen molar-refractivity contribution < 1.29 is 0 Å². The number of nitrogens with one attached hydrogen (secondary N) is 3. The highest BCUT2D eigenvalue weighted by molar-refractivity contribution is 7.16. The number of benzene rings is 1. The molecule has 4 rings (SSSR count). The Morgan fingerprint density at radius 1 is 1.12 bits per heavy atom. The van der Waals surface area contributed by atoms with Gasteiger partial charge in [0.25, 0.3) is 0 Å². The Morgan fingerprint density at radius 2 is 2.04 bits per heavy atom. The fraction of sp³-hybridized carbons (Fsp3) is 0.167. The molecule has 0 fully saturated rings. The molecule has 126 valence electrons. The predicted octanol–water partition coefficient (Wildman–Crippen LogP) is 4.65. The highest BCUT2D eigenvalue weighted by Crippen LogP contribution is 2.30. The average molecular weight is 350 g/mol. The van der Waals surface area contributed by atoms with E-state index in [9.17, 15) is 0 Å². The topological polar surface area (TPSA) is 78.5 Å². The molecule has 1 aromatic carbocycles. The van der Waals surface area contributed by atoms with E-state index in [0.717, 1.165) is 38.7 Å². The molecular formula is C18H18N6S. The summed E-state index contributed by atoms with van der Waals surface area (Å²) >= 11 is 1.63. The van der Waals surface area contributed by atoms with Crippen molar-refractivity contribution in [1.82, 2.24) is 19.9 Å². The van der Waals surface area contributed by atoms with Gasteiger partial charge >= 0.3 is 0 Å². The number of aromatic nitrogens is 4. The Hall–Kier alpha value is -2.93. The maximum Gasteiger partial charge on any atom is 0.132 e. The number of imidazole rings is 1. The first-order chi connectivity index (χ1) is 12.2. The largest absolute Gasteiger partial charge is 0.382 e. The van der Waals surface area contributed by atoms with Crippen LogP contribution >= 0.6 is 11.3 Å². The van der Waals surface area contributed by atoms with Crippen molar-refractivity contribution in [2.75, 3.05) is 10.6 Å². The molecule has 0 saturated carbocycles. The lowest BCUT2D eigenvalue weighted by Gasteiger charge is -2.15. The number of H-pyrrole nitrogens is 1.